The molecule has 0 bridgehead atoms. The number of hydrogen-bond acceptors (Lipinski definition) is 4. The number of nitrogens with one attached hydrogen (secondary N) is 1. The molecule has 1 atom stereocenters. The molecule has 6 rings (SSSR count). The molecule has 0 fully saturated rings. The first kappa shape index (κ1) is 30.7. The SMILES string of the molecule is NC(=O)C(C(=O)N(Cc1cccc(-n2cccc2)c1)Cc1cccc(-n2cccc2)c1)c1ccc(C(=O)Nc2ccccc2N)cc1. The van der Waals surface area contributed by atoms with Crippen molar-refractivity contribution in [3.8, 4) is 11.4 Å². The number of benzene rings is 4. The van der Waals surface area contributed by atoms with Gasteiger partial charge in [-0.05, 0) is 89.5 Å². The highest BCUT2D eigenvalue weighted by molar-refractivity contribution is 6.07. The standard InChI is InChI=1S/C38H34N6O3/c39-33-13-1-2-14-34(33)41-37(46)30-17-15-29(16-18-30)35(36(40)45)38(47)44(25-27-9-7-11-31(23-27)42-19-3-4-20-42)26-28-10-8-12-32(24-28)43-21-5-6-22-43/h1-24,35H,25-26,39H2,(H2,40,45)(H,41,46). The predicted octanol–water partition coefficient (Wildman–Crippen LogP) is 5.90. The van der Waals surface area contributed by atoms with Crippen LogP contribution in [0.25, 0.3) is 11.4 Å². The van der Waals surface area contributed by atoms with E-state index in [1.54, 1.807) is 53.4 Å². The zero-order valence-electron chi connectivity index (χ0n) is 25.6. The molecule has 9 heteroatoms. The molecule has 0 saturated carbocycles. The Bertz CT molecular complexity index is 1920. The average molecular weight is 623 g/mol. The number of primary amides is 1. The largest absolute Gasteiger partial charge is 0.397 e. The quantitative estimate of drug-likeness (QED) is 0.123. The fraction of sp³-hybridized carbons (Fsp3) is 0.0789. The summed E-state index contributed by atoms with van der Waals surface area (Å²) >= 11 is 0. The minimum atomic E-state index is -1.27. The summed E-state index contributed by atoms with van der Waals surface area (Å²) < 4.78 is 3.98. The summed E-state index contributed by atoms with van der Waals surface area (Å²) in [7, 11) is 0. The maximum atomic E-state index is 14.3. The number of anilines is 2. The van der Waals surface area contributed by atoms with Gasteiger partial charge in [-0.2, -0.15) is 0 Å². The van der Waals surface area contributed by atoms with Gasteiger partial charge in [-0.15, -0.1) is 0 Å². The van der Waals surface area contributed by atoms with E-state index in [1.807, 2.05) is 107 Å². The van der Waals surface area contributed by atoms with Crippen molar-refractivity contribution in [2.75, 3.05) is 11.1 Å². The fourth-order valence-electron chi connectivity index (χ4n) is 5.54. The van der Waals surface area contributed by atoms with Crippen molar-refractivity contribution in [2.45, 2.75) is 19.0 Å². The number of hydrogen-bond donors (Lipinski definition) is 3. The number of nitrogens with zero attached hydrogens (tertiary/aromatic N) is 3. The molecule has 4 aromatic carbocycles. The van der Waals surface area contributed by atoms with E-state index in [1.165, 1.54) is 0 Å². The molecule has 0 aliphatic rings. The maximum absolute atomic E-state index is 14.3. The van der Waals surface area contributed by atoms with Crippen LogP contribution in [0.2, 0.25) is 0 Å². The molecule has 2 heterocycles. The van der Waals surface area contributed by atoms with Gasteiger partial charge in [-0.25, -0.2) is 0 Å². The molecular formula is C38H34N6O3. The molecular weight excluding hydrogens is 588 g/mol. The summed E-state index contributed by atoms with van der Waals surface area (Å²) in [6.07, 6.45) is 7.82. The second kappa shape index (κ2) is 13.7. The first-order valence-electron chi connectivity index (χ1n) is 15.1. The van der Waals surface area contributed by atoms with Crippen molar-refractivity contribution >= 4 is 29.1 Å². The van der Waals surface area contributed by atoms with E-state index in [-0.39, 0.29) is 19.0 Å². The molecule has 5 N–H and O–H groups in total. The maximum Gasteiger partial charge on any atom is 0.255 e. The highest BCUT2D eigenvalue weighted by atomic mass is 16.2. The molecule has 0 saturated heterocycles. The highest BCUT2D eigenvalue weighted by Gasteiger charge is 2.31. The number of para-hydroxylation sites is 2. The Balaban J connectivity index is 1.29. The van der Waals surface area contributed by atoms with Gasteiger partial charge in [0.05, 0.1) is 11.4 Å². The van der Waals surface area contributed by atoms with Crippen molar-refractivity contribution < 1.29 is 14.4 Å². The molecule has 3 amide bonds. The van der Waals surface area contributed by atoms with Crippen molar-refractivity contribution in [2.24, 2.45) is 5.73 Å². The zero-order chi connectivity index (χ0) is 32.8. The predicted molar refractivity (Wildman–Crippen MR) is 183 cm³/mol. The number of carbonyl (C=O) groups excluding carboxylic acids is 3. The van der Waals surface area contributed by atoms with Gasteiger partial charge in [0.2, 0.25) is 11.8 Å². The first-order chi connectivity index (χ1) is 22.9. The van der Waals surface area contributed by atoms with E-state index in [9.17, 15) is 14.4 Å². The summed E-state index contributed by atoms with van der Waals surface area (Å²) in [6.45, 7) is 0.481. The molecule has 0 aliphatic carbocycles. The Kier molecular flexibility index (Phi) is 8.97. The molecule has 0 radical (unpaired) electrons. The number of aromatic nitrogens is 2. The van der Waals surface area contributed by atoms with Gasteiger partial charge in [0.15, 0.2) is 0 Å². The molecule has 234 valence electrons. The number of nitrogens with two attached hydrogens (primary N) is 2. The van der Waals surface area contributed by atoms with Gasteiger partial charge >= 0.3 is 0 Å². The highest BCUT2D eigenvalue weighted by Crippen LogP contribution is 2.25. The normalized spacial score (nSPS) is 11.5. The number of rotatable bonds is 11. The lowest BCUT2D eigenvalue weighted by Gasteiger charge is -2.27. The zero-order valence-corrected chi connectivity index (χ0v) is 25.6. The van der Waals surface area contributed by atoms with E-state index in [2.05, 4.69) is 5.32 Å². The van der Waals surface area contributed by atoms with Crippen LogP contribution in [0.1, 0.15) is 33.0 Å². The molecule has 6 aromatic rings. The lowest BCUT2D eigenvalue weighted by atomic mass is 9.95. The monoisotopic (exact) mass is 622 g/mol. The van der Waals surface area contributed by atoms with Crippen LogP contribution in [0.3, 0.4) is 0 Å². The van der Waals surface area contributed by atoms with Gasteiger partial charge in [0.25, 0.3) is 5.91 Å². The van der Waals surface area contributed by atoms with Crippen molar-refractivity contribution in [3.63, 3.8) is 0 Å². The Morgan fingerprint density at radius 2 is 1.19 bits per heavy atom. The van der Waals surface area contributed by atoms with Crippen molar-refractivity contribution in [1.82, 2.24) is 14.0 Å². The van der Waals surface area contributed by atoms with Crippen LogP contribution in [-0.2, 0) is 22.7 Å². The molecule has 47 heavy (non-hydrogen) atoms. The van der Waals surface area contributed by atoms with E-state index in [0.29, 0.717) is 22.5 Å². The third-order valence-electron chi connectivity index (χ3n) is 7.93. The van der Waals surface area contributed by atoms with E-state index in [4.69, 9.17) is 11.5 Å². The van der Waals surface area contributed by atoms with Crippen LogP contribution in [-0.4, -0.2) is 31.8 Å². The van der Waals surface area contributed by atoms with Gasteiger partial charge in [0.1, 0.15) is 5.92 Å². The van der Waals surface area contributed by atoms with Crippen molar-refractivity contribution in [1.29, 1.82) is 0 Å². The third kappa shape index (κ3) is 7.15. The van der Waals surface area contributed by atoms with Gasteiger partial charge in [0, 0.05) is 54.8 Å². The Hall–Kier alpha value is -6.35. The molecule has 2 aromatic heterocycles. The Morgan fingerprint density at radius 3 is 1.70 bits per heavy atom. The Labute approximate surface area is 272 Å². The number of amides is 3. The van der Waals surface area contributed by atoms with Gasteiger partial charge in [-0.1, -0.05) is 48.5 Å². The van der Waals surface area contributed by atoms with Crippen molar-refractivity contribution in [3.05, 3.63) is 168 Å². The molecule has 9 nitrogen and oxygen atoms in total. The van der Waals surface area contributed by atoms with Crippen LogP contribution in [0, 0.1) is 0 Å². The van der Waals surface area contributed by atoms with E-state index in [0.717, 1.165) is 22.5 Å². The van der Waals surface area contributed by atoms with Gasteiger partial charge in [-0.3, -0.25) is 14.4 Å². The second-order valence-electron chi connectivity index (χ2n) is 11.2. The van der Waals surface area contributed by atoms with Crippen LogP contribution in [0.5, 0.6) is 0 Å². The first-order valence-corrected chi connectivity index (χ1v) is 15.1. The van der Waals surface area contributed by atoms with Crippen LogP contribution in [0.15, 0.2) is 146 Å². The number of carbonyl (C=O) groups is 3. The third-order valence-corrected chi connectivity index (χ3v) is 7.93. The summed E-state index contributed by atoms with van der Waals surface area (Å²) in [5.74, 6) is -2.86. The van der Waals surface area contributed by atoms with Gasteiger partial charge < -0.3 is 30.8 Å². The van der Waals surface area contributed by atoms with Crippen LogP contribution < -0.4 is 16.8 Å². The molecule has 0 aliphatic heterocycles. The van der Waals surface area contributed by atoms with E-state index < -0.39 is 17.7 Å². The van der Waals surface area contributed by atoms with Crippen LogP contribution in [0.4, 0.5) is 11.4 Å². The summed E-state index contributed by atoms with van der Waals surface area (Å²) in [5, 5.41) is 2.79. The smallest absolute Gasteiger partial charge is 0.255 e. The number of nitrogen functional groups attached to an aromatic ring is 1. The molecule has 0 spiro atoms. The Morgan fingerprint density at radius 1 is 0.660 bits per heavy atom. The summed E-state index contributed by atoms with van der Waals surface area (Å²) in [4.78, 5) is 41.9. The van der Waals surface area contributed by atoms with E-state index >= 15 is 0 Å². The summed E-state index contributed by atoms with van der Waals surface area (Å²) in [5.41, 5.74) is 17.2. The fourth-order valence-corrected chi connectivity index (χ4v) is 5.54. The minimum absolute atomic E-state index is 0.241. The minimum Gasteiger partial charge on any atom is -0.397 e. The van der Waals surface area contributed by atoms with Crippen LogP contribution >= 0.6 is 0 Å². The average Bonchev–Trinajstić information content (AvgIpc) is 3.82. The lowest BCUT2D eigenvalue weighted by Crippen LogP contribution is -2.40. The molecule has 1 unspecified atom stereocenters. The lowest BCUT2D eigenvalue weighted by molar-refractivity contribution is -0.138. The second-order valence-corrected chi connectivity index (χ2v) is 11.2. The topological polar surface area (TPSA) is 128 Å². The summed E-state index contributed by atoms with van der Waals surface area (Å²) in [6, 6.07) is 36.9.